The van der Waals surface area contributed by atoms with Crippen LogP contribution in [-0.2, 0) is 6.42 Å². The zero-order valence-corrected chi connectivity index (χ0v) is 10.9. The second kappa shape index (κ2) is 5.28. The zero-order chi connectivity index (χ0) is 13.9. The first-order chi connectivity index (χ1) is 9.72. The lowest BCUT2D eigenvalue weighted by atomic mass is 10.1. The van der Waals surface area contributed by atoms with Gasteiger partial charge in [-0.2, -0.15) is 0 Å². The number of anilines is 1. The van der Waals surface area contributed by atoms with E-state index in [1.165, 1.54) is 18.0 Å². The van der Waals surface area contributed by atoms with Crippen LogP contribution in [0.2, 0.25) is 0 Å². The molecule has 5 heteroatoms. The Labute approximate surface area is 116 Å². The van der Waals surface area contributed by atoms with Gasteiger partial charge in [0, 0.05) is 6.04 Å². The molecule has 5 nitrogen and oxygen atoms in total. The van der Waals surface area contributed by atoms with E-state index in [-0.39, 0.29) is 5.69 Å². The molecule has 2 N–H and O–H groups in total. The number of aromatic carboxylic acids is 1. The minimum absolute atomic E-state index is 0.0350. The molecule has 0 bridgehead atoms. The molecule has 1 aromatic carbocycles. The van der Waals surface area contributed by atoms with Gasteiger partial charge in [-0.25, -0.2) is 14.8 Å². The van der Waals surface area contributed by atoms with Crippen LogP contribution >= 0.6 is 0 Å². The molecule has 0 radical (unpaired) electrons. The lowest BCUT2D eigenvalue weighted by molar-refractivity contribution is 0.0690. The first-order valence-corrected chi connectivity index (χ1v) is 6.58. The maximum absolute atomic E-state index is 10.7. The molecule has 2 unspecified atom stereocenters. The second-order valence-electron chi connectivity index (χ2n) is 5.03. The van der Waals surface area contributed by atoms with E-state index in [0.717, 1.165) is 12.8 Å². The number of carboxylic acids is 1. The first kappa shape index (κ1) is 12.6. The summed E-state index contributed by atoms with van der Waals surface area (Å²) in [6.07, 6.45) is 4.91. The Morgan fingerprint density at radius 1 is 1.25 bits per heavy atom. The van der Waals surface area contributed by atoms with Crippen LogP contribution < -0.4 is 5.32 Å². The number of aromatic nitrogens is 2. The molecule has 0 aliphatic heterocycles. The molecule has 2 atom stereocenters. The highest BCUT2D eigenvalue weighted by Crippen LogP contribution is 2.35. The lowest BCUT2D eigenvalue weighted by Gasteiger charge is -2.05. The molecule has 0 amide bonds. The summed E-state index contributed by atoms with van der Waals surface area (Å²) in [6.45, 7) is 0. The monoisotopic (exact) mass is 269 g/mol. The third kappa shape index (κ3) is 2.93. The Hall–Kier alpha value is -2.43. The molecule has 0 spiro atoms. The van der Waals surface area contributed by atoms with Crippen molar-refractivity contribution in [2.75, 3.05) is 5.32 Å². The van der Waals surface area contributed by atoms with Crippen molar-refractivity contribution in [3.63, 3.8) is 0 Å². The fourth-order valence-corrected chi connectivity index (χ4v) is 2.27. The highest BCUT2D eigenvalue weighted by Gasteiger charge is 2.37. The maximum Gasteiger partial charge on any atom is 0.356 e. The Morgan fingerprint density at radius 2 is 2.05 bits per heavy atom. The average molecular weight is 269 g/mol. The first-order valence-electron chi connectivity index (χ1n) is 6.58. The van der Waals surface area contributed by atoms with E-state index in [1.807, 2.05) is 6.07 Å². The van der Waals surface area contributed by atoms with Crippen molar-refractivity contribution in [3.8, 4) is 0 Å². The molecule has 20 heavy (non-hydrogen) atoms. The van der Waals surface area contributed by atoms with Crippen molar-refractivity contribution in [2.24, 2.45) is 5.92 Å². The van der Waals surface area contributed by atoms with Gasteiger partial charge in [0.2, 0.25) is 0 Å². The average Bonchev–Trinajstić information content (AvgIpc) is 3.18. The van der Waals surface area contributed by atoms with Crippen LogP contribution in [-0.4, -0.2) is 27.1 Å². The van der Waals surface area contributed by atoms with Crippen LogP contribution in [0.1, 0.15) is 22.5 Å². The summed E-state index contributed by atoms with van der Waals surface area (Å²) in [5.41, 5.74) is 1.31. The van der Waals surface area contributed by atoms with E-state index in [0.29, 0.717) is 17.8 Å². The number of benzene rings is 1. The molecule has 0 saturated heterocycles. The van der Waals surface area contributed by atoms with Crippen LogP contribution in [0.25, 0.3) is 0 Å². The quantitative estimate of drug-likeness (QED) is 0.870. The van der Waals surface area contributed by atoms with E-state index in [4.69, 9.17) is 5.11 Å². The van der Waals surface area contributed by atoms with E-state index in [1.54, 1.807) is 0 Å². The molecule has 1 aliphatic rings. The molecule has 3 rings (SSSR count). The second-order valence-corrected chi connectivity index (χ2v) is 5.03. The number of carbonyl (C=O) groups is 1. The van der Waals surface area contributed by atoms with Crippen LogP contribution in [0.15, 0.2) is 42.7 Å². The molecule has 102 valence electrons. The predicted molar refractivity (Wildman–Crippen MR) is 74.7 cm³/mol. The van der Waals surface area contributed by atoms with Crippen molar-refractivity contribution in [1.82, 2.24) is 9.97 Å². The predicted octanol–water partition coefficient (Wildman–Crippen LogP) is 2.22. The van der Waals surface area contributed by atoms with Crippen molar-refractivity contribution in [2.45, 2.75) is 18.9 Å². The number of nitrogens with zero attached hydrogens (tertiary/aromatic N) is 2. The number of carboxylic acid groups (broad SMARTS) is 1. The van der Waals surface area contributed by atoms with Gasteiger partial charge in [-0.15, -0.1) is 0 Å². The van der Waals surface area contributed by atoms with Crippen LogP contribution in [0, 0.1) is 5.92 Å². The van der Waals surface area contributed by atoms with Gasteiger partial charge in [-0.05, 0) is 24.3 Å². The fourth-order valence-electron chi connectivity index (χ4n) is 2.27. The highest BCUT2D eigenvalue weighted by molar-refractivity contribution is 5.84. The van der Waals surface area contributed by atoms with Crippen molar-refractivity contribution < 1.29 is 9.90 Å². The summed E-state index contributed by atoms with van der Waals surface area (Å²) in [5.74, 6) is 0.186. The standard InChI is InChI=1S/C15H15N3O2/c19-15(20)13-8-17-14(9-16-13)18-12-7-11(12)6-10-4-2-1-3-5-10/h1-5,8-9,11-12H,6-7H2,(H,17,18)(H,19,20). The number of nitrogens with one attached hydrogen (secondary N) is 1. The van der Waals surface area contributed by atoms with E-state index in [9.17, 15) is 4.79 Å². The van der Waals surface area contributed by atoms with E-state index < -0.39 is 5.97 Å². The molecule has 2 aromatic rings. The third-order valence-corrected chi connectivity index (χ3v) is 3.47. The molecular formula is C15H15N3O2. The Morgan fingerprint density at radius 3 is 2.70 bits per heavy atom. The van der Waals surface area contributed by atoms with E-state index in [2.05, 4.69) is 39.6 Å². The van der Waals surface area contributed by atoms with Crippen LogP contribution in [0.4, 0.5) is 5.82 Å². The molecule has 1 saturated carbocycles. The van der Waals surface area contributed by atoms with Crippen molar-refractivity contribution >= 4 is 11.8 Å². The van der Waals surface area contributed by atoms with Gasteiger partial charge in [-0.3, -0.25) is 0 Å². The number of rotatable bonds is 5. The molecule has 1 aliphatic carbocycles. The van der Waals surface area contributed by atoms with Crippen LogP contribution in [0.3, 0.4) is 0 Å². The highest BCUT2D eigenvalue weighted by atomic mass is 16.4. The minimum Gasteiger partial charge on any atom is -0.476 e. The van der Waals surface area contributed by atoms with Crippen LogP contribution in [0.5, 0.6) is 0 Å². The van der Waals surface area contributed by atoms with Gasteiger partial charge >= 0.3 is 5.97 Å². The van der Waals surface area contributed by atoms with Gasteiger partial charge in [0.15, 0.2) is 5.69 Å². The zero-order valence-electron chi connectivity index (χ0n) is 10.9. The normalized spacial score (nSPS) is 20.4. The van der Waals surface area contributed by atoms with Gasteiger partial charge in [0.1, 0.15) is 5.82 Å². The van der Waals surface area contributed by atoms with Gasteiger partial charge in [-0.1, -0.05) is 30.3 Å². The number of hydrogen-bond donors (Lipinski definition) is 2. The molecular weight excluding hydrogens is 254 g/mol. The van der Waals surface area contributed by atoms with Crippen molar-refractivity contribution in [1.29, 1.82) is 0 Å². The van der Waals surface area contributed by atoms with Crippen molar-refractivity contribution in [3.05, 3.63) is 54.0 Å². The SMILES string of the molecule is O=C(O)c1cnc(NC2CC2Cc2ccccc2)cn1. The maximum atomic E-state index is 10.7. The third-order valence-electron chi connectivity index (χ3n) is 3.47. The molecule has 1 fully saturated rings. The Bertz CT molecular complexity index is 598. The topological polar surface area (TPSA) is 75.1 Å². The van der Waals surface area contributed by atoms with Gasteiger partial charge in [0.05, 0.1) is 12.4 Å². The Balaban J connectivity index is 1.54. The summed E-state index contributed by atoms with van der Waals surface area (Å²) in [6, 6.07) is 10.8. The molecule has 1 heterocycles. The largest absolute Gasteiger partial charge is 0.476 e. The fraction of sp³-hybridized carbons (Fsp3) is 0.267. The summed E-state index contributed by atoms with van der Waals surface area (Å²) >= 11 is 0. The number of hydrogen-bond acceptors (Lipinski definition) is 4. The van der Waals surface area contributed by atoms with Gasteiger partial charge < -0.3 is 10.4 Å². The molecule has 1 aromatic heterocycles. The summed E-state index contributed by atoms with van der Waals surface area (Å²) in [7, 11) is 0. The van der Waals surface area contributed by atoms with Gasteiger partial charge in [0.25, 0.3) is 0 Å². The summed E-state index contributed by atoms with van der Waals surface area (Å²) in [4.78, 5) is 18.6. The lowest BCUT2D eigenvalue weighted by Crippen LogP contribution is -2.09. The van der Waals surface area contributed by atoms with E-state index >= 15 is 0 Å². The smallest absolute Gasteiger partial charge is 0.356 e. The Kier molecular flexibility index (Phi) is 3.33. The summed E-state index contributed by atoms with van der Waals surface area (Å²) < 4.78 is 0. The summed E-state index contributed by atoms with van der Waals surface area (Å²) in [5, 5.41) is 12.0. The minimum atomic E-state index is -1.06.